The number of nitrogens with zero attached hydrogens (tertiary/aromatic N) is 3. The summed E-state index contributed by atoms with van der Waals surface area (Å²) in [6, 6.07) is 1.62. The second kappa shape index (κ2) is 5.34. The summed E-state index contributed by atoms with van der Waals surface area (Å²) in [5.41, 5.74) is -0.204. The van der Waals surface area contributed by atoms with Gasteiger partial charge in [-0.05, 0) is 32.5 Å². The van der Waals surface area contributed by atoms with Gasteiger partial charge in [0, 0.05) is 0 Å². The smallest absolute Gasteiger partial charge is 0.401 e. The molecule has 0 aliphatic heterocycles. The van der Waals surface area contributed by atoms with Gasteiger partial charge in [-0.15, -0.1) is 13.2 Å². The van der Waals surface area contributed by atoms with Crippen molar-refractivity contribution in [1.82, 2.24) is 4.98 Å². The van der Waals surface area contributed by atoms with Gasteiger partial charge in [0.25, 0.3) is 0 Å². The molecule has 0 bridgehead atoms. The van der Waals surface area contributed by atoms with E-state index in [2.05, 4.69) is 9.72 Å². The third kappa shape index (κ3) is 3.42. The molecule has 0 saturated heterocycles. The van der Waals surface area contributed by atoms with Crippen LogP contribution >= 0.6 is 22.6 Å². The van der Waals surface area contributed by atoms with Crippen LogP contribution in [0.2, 0.25) is 0 Å². The number of aromatic nitrogens is 1. The molecule has 0 spiro atoms. The van der Waals surface area contributed by atoms with Gasteiger partial charge >= 0.3 is 12.2 Å². The number of hydrogen-bond donors (Lipinski definition) is 0. The fourth-order valence-corrected chi connectivity index (χ4v) is 1.77. The average molecular weight is 373 g/mol. The third-order valence-corrected chi connectivity index (χ3v) is 2.89. The molecule has 0 N–H and O–H groups in total. The Balaban J connectivity index is 3.31. The summed E-state index contributed by atoms with van der Waals surface area (Å²) in [6.07, 6.45) is -4.76. The number of ether oxygens (including phenoxy) is 1. The maximum atomic E-state index is 12.0. The molecule has 0 aromatic carbocycles. The number of nitriles is 1. The number of halogens is 4. The number of alkyl halides is 3. The van der Waals surface area contributed by atoms with Gasteiger partial charge in [-0.2, -0.15) is 5.26 Å². The zero-order chi connectivity index (χ0) is 13.9. The van der Waals surface area contributed by atoms with Crippen molar-refractivity contribution in [2.24, 2.45) is 0 Å². The van der Waals surface area contributed by atoms with Crippen molar-refractivity contribution in [3.8, 4) is 11.8 Å². The van der Waals surface area contributed by atoms with E-state index in [-0.39, 0.29) is 9.13 Å². The fourth-order valence-electron chi connectivity index (χ4n) is 1.09. The molecule has 0 amide bonds. The molecule has 0 aliphatic carbocycles. The predicted octanol–water partition coefficient (Wildman–Crippen LogP) is 2.56. The number of rotatable bonds is 3. The van der Waals surface area contributed by atoms with E-state index >= 15 is 0 Å². The van der Waals surface area contributed by atoms with Crippen molar-refractivity contribution >= 4 is 28.4 Å². The van der Waals surface area contributed by atoms with Crippen LogP contribution < -0.4 is 4.74 Å². The zero-order valence-electron chi connectivity index (χ0n) is 8.36. The zero-order valence-corrected chi connectivity index (χ0v) is 10.5. The van der Waals surface area contributed by atoms with Gasteiger partial charge in [-0.3, -0.25) is 0 Å². The molecule has 1 rings (SSSR count). The Morgan fingerprint density at radius 1 is 1.61 bits per heavy atom. The van der Waals surface area contributed by atoms with Gasteiger partial charge in [-0.1, -0.05) is 0 Å². The number of nitro groups is 1. The molecule has 0 fully saturated rings. The van der Waals surface area contributed by atoms with Crippen LogP contribution in [0.15, 0.2) is 6.20 Å². The Kier molecular flexibility index (Phi) is 4.28. The topological polar surface area (TPSA) is 89.0 Å². The van der Waals surface area contributed by atoms with E-state index < -0.39 is 29.3 Å². The third-order valence-electron chi connectivity index (χ3n) is 1.71. The first-order valence-corrected chi connectivity index (χ1v) is 5.28. The Morgan fingerprint density at radius 2 is 2.22 bits per heavy atom. The normalized spacial score (nSPS) is 10.8. The van der Waals surface area contributed by atoms with Crippen molar-refractivity contribution in [2.75, 3.05) is 0 Å². The molecule has 18 heavy (non-hydrogen) atoms. The molecular weight excluding hydrogens is 370 g/mol. The number of pyridine rings is 1. The molecule has 0 unspecified atom stereocenters. The lowest BCUT2D eigenvalue weighted by atomic mass is 10.2. The maximum Gasteiger partial charge on any atom is 0.573 e. The lowest BCUT2D eigenvalue weighted by Gasteiger charge is -2.10. The molecule has 1 aromatic rings. The Labute approximate surface area is 112 Å². The average Bonchev–Trinajstić information content (AvgIpc) is 2.22. The quantitative estimate of drug-likeness (QED) is 0.462. The largest absolute Gasteiger partial charge is 0.573 e. The van der Waals surface area contributed by atoms with Crippen LogP contribution in [-0.2, 0) is 6.42 Å². The van der Waals surface area contributed by atoms with Crippen LogP contribution in [0, 0.1) is 25.0 Å². The van der Waals surface area contributed by atoms with Crippen LogP contribution in [0.25, 0.3) is 0 Å². The van der Waals surface area contributed by atoms with Crippen molar-refractivity contribution in [3.05, 3.63) is 25.4 Å². The maximum absolute atomic E-state index is 12.0. The second-order valence-electron chi connectivity index (χ2n) is 2.88. The molecule has 0 atom stereocenters. The van der Waals surface area contributed by atoms with Crippen LogP contribution in [-0.4, -0.2) is 16.3 Å². The first kappa shape index (κ1) is 14.4. The highest BCUT2D eigenvalue weighted by Crippen LogP contribution is 2.33. The minimum Gasteiger partial charge on any atom is -0.401 e. The van der Waals surface area contributed by atoms with Gasteiger partial charge in [0.1, 0.15) is 0 Å². The Hall–Kier alpha value is -1.64. The first-order valence-electron chi connectivity index (χ1n) is 4.20. The highest BCUT2D eigenvalue weighted by molar-refractivity contribution is 14.1. The molecule has 0 saturated carbocycles. The van der Waals surface area contributed by atoms with E-state index in [0.29, 0.717) is 6.20 Å². The van der Waals surface area contributed by atoms with Crippen molar-refractivity contribution in [1.29, 1.82) is 5.26 Å². The van der Waals surface area contributed by atoms with E-state index in [1.165, 1.54) is 22.6 Å². The van der Waals surface area contributed by atoms with Crippen LogP contribution in [0.4, 0.5) is 19.0 Å². The summed E-state index contributed by atoms with van der Waals surface area (Å²) >= 11 is 1.44. The molecule has 10 heteroatoms. The van der Waals surface area contributed by atoms with Crippen LogP contribution in [0.5, 0.6) is 5.75 Å². The standard InChI is InChI=1S/C8H3F3IN3O3/c9-8(10,11)18-5-3-14-7(15(16)17)4(1-2-13)6(5)12/h3H,1H2. The van der Waals surface area contributed by atoms with Crippen molar-refractivity contribution < 1.29 is 22.8 Å². The molecule has 0 radical (unpaired) electrons. The predicted molar refractivity (Wildman–Crippen MR) is 59.6 cm³/mol. The van der Waals surface area contributed by atoms with E-state index in [9.17, 15) is 23.3 Å². The lowest BCUT2D eigenvalue weighted by Crippen LogP contribution is -2.18. The second-order valence-corrected chi connectivity index (χ2v) is 3.96. The minimum absolute atomic E-state index is 0.159. The summed E-state index contributed by atoms with van der Waals surface area (Å²) in [4.78, 5) is 13.0. The molecule has 1 heterocycles. The minimum atomic E-state index is -4.93. The van der Waals surface area contributed by atoms with E-state index in [1.54, 1.807) is 6.07 Å². The fraction of sp³-hybridized carbons (Fsp3) is 0.250. The monoisotopic (exact) mass is 373 g/mol. The van der Waals surface area contributed by atoms with Crippen LogP contribution in [0.3, 0.4) is 0 Å². The van der Waals surface area contributed by atoms with Crippen molar-refractivity contribution in [2.45, 2.75) is 12.8 Å². The first-order chi connectivity index (χ1) is 8.26. The van der Waals surface area contributed by atoms with Gasteiger partial charge < -0.3 is 14.9 Å². The summed E-state index contributed by atoms with van der Waals surface area (Å²) in [7, 11) is 0. The summed E-state index contributed by atoms with van der Waals surface area (Å²) in [6.45, 7) is 0. The molecule has 6 nitrogen and oxygen atoms in total. The number of hydrogen-bond acceptors (Lipinski definition) is 5. The molecular formula is C8H3F3IN3O3. The highest BCUT2D eigenvalue weighted by Gasteiger charge is 2.34. The van der Waals surface area contributed by atoms with Crippen molar-refractivity contribution in [3.63, 3.8) is 0 Å². The summed E-state index contributed by atoms with van der Waals surface area (Å²) in [5, 5.41) is 19.1. The molecule has 0 aliphatic rings. The van der Waals surface area contributed by atoms with Gasteiger partial charge in [0.15, 0.2) is 11.9 Å². The summed E-state index contributed by atoms with van der Waals surface area (Å²) in [5.74, 6) is -1.32. The summed E-state index contributed by atoms with van der Waals surface area (Å²) < 4.78 is 39.6. The lowest BCUT2D eigenvalue weighted by molar-refractivity contribution is -0.390. The molecule has 1 aromatic heterocycles. The van der Waals surface area contributed by atoms with Gasteiger partial charge in [-0.25, -0.2) is 0 Å². The Bertz CT molecular complexity index is 527. The van der Waals surface area contributed by atoms with Gasteiger partial charge in [0.2, 0.25) is 0 Å². The Morgan fingerprint density at radius 3 is 2.67 bits per heavy atom. The van der Waals surface area contributed by atoms with E-state index in [0.717, 1.165) is 0 Å². The van der Waals surface area contributed by atoms with Crippen LogP contribution in [0.1, 0.15) is 5.56 Å². The SMILES string of the molecule is N#CCc1c([N+](=O)[O-])ncc(OC(F)(F)F)c1I. The van der Waals surface area contributed by atoms with E-state index in [4.69, 9.17) is 5.26 Å². The molecule has 96 valence electrons. The van der Waals surface area contributed by atoms with Gasteiger partial charge in [0.05, 0.1) is 21.6 Å². The highest BCUT2D eigenvalue weighted by atomic mass is 127. The van der Waals surface area contributed by atoms with E-state index in [1.807, 2.05) is 0 Å².